The molecule has 2 heteroatoms. The van der Waals surface area contributed by atoms with Gasteiger partial charge in [-0.3, -0.25) is 0 Å². The lowest BCUT2D eigenvalue weighted by atomic mass is 9.86. The molecule has 3 unspecified atom stereocenters. The van der Waals surface area contributed by atoms with E-state index in [2.05, 4.69) is 13.8 Å². The van der Waals surface area contributed by atoms with Gasteiger partial charge in [0.05, 0.1) is 6.10 Å². The Kier molecular flexibility index (Phi) is 4.74. The third kappa shape index (κ3) is 3.28. The molecule has 1 heterocycles. The van der Waals surface area contributed by atoms with Crippen LogP contribution in [0.15, 0.2) is 0 Å². The van der Waals surface area contributed by atoms with Crippen molar-refractivity contribution in [1.82, 2.24) is 0 Å². The van der Waals surface area contributed by atoms with Crippen molar-refractivity contribution in [3.8, 4) is 0 Å². The van der Waals surface area contributed by atoms with Gasteiger partial charge in [0, 0.05) is 12.6 Å². The first-order valence-electron chi connectivity index (χ1n) is 5.65. The number of ether oxygens (including phenoxy) is 1. The Bertz CT molecular complexity index is 136. The summed E-state index contributed by atoms with van der Waals surface area (Å²) >= 11 is 0. The number of rotatable bonds is 4. The Balaban J connectivity index is 2.32. The van der Waals surface area contributed by atoms with Crippen molar-refractivity contribution in [1.29, 1.82) is 0 Å². The third-order valence-electron chi connectivity index (χ3n) is 3.10. The second-order valence-electron chi connectivity index (χ2n) is 4.14. The molecule has 0 saturated carbocycles. The average Bonchev–Trinajstić information content (AvgIpc) is 2.18. The summed E-state index contributed by atoms with van der Waals surface area (Å²) in [5.41, 5.74) is 6.05. The van der Waals surface area contributed by atoms with Crippen molar-refractivity contribution in [3.63, 3.8) is 0 Å². The van der Waals surface area contributed by atoms with Crippen LogP contribution in [0, 0.1) is 5.92 Å². The minimum absolute atomic E-state index is 0.392. The molecule has 2 N–H and O–H groups in total. The van der Waals surface area contributed by atoms with E-state index < -0.39 is 0 Å². The van der Waals surface area contributed by atoms with Crippen LogP contribution in [0.5, 0.6) is 0 Å². The molecule has 2 nitrogen and oxygen atoms in total. The van der Waals surface area contributed by atoms with Crippen molar-refractivity contribution >= 4 is 0 Å². The average molecular weight is 185 g/mol. The fourth-order valence-corrected chi connectivity index (χ4v) is 2.16. The molecule has 1 rings (SSSR count). The molecule has 0 amide bonds. The van der Waals surface area contributed by atoms with Crippen molar-refractivity contribution in [2.24, 2.45) is 11.7 Å². The van der Waals surface area contributed by atoms with Gasteiger partial charge in [-0.2, -0.15) is 0 Å². The van der Waals surface area contributed by atoms with Crippen molar-refractivity contribution < 1.29 is 4.74 Å². The van der Waals surface area contributed by atoms with E-state index in [0.717, 1.165) is 19.4 Å². The standard InChI is InChI=1S/C11H23NO/c1-3-5-10-8-9(6-7-13-10)11(12)4-2/h9-11H,3-8,12H2,1-2H3. The SMILES string of the molecule is CCCC1CC(C(N)CC)CCO1. The van der Waals surface area contributed by atoms with E-state index >= 15 is 0 Å². The lowest BCUT2D eigenvalue weighted by Crippen LogP contribution is -2.37. The maximum Gasteiger partial charge on any atom is 0.0578 e. The number of hydrogen-bond acceptors (Lipinski definition) is 2. The molecule has 1 saturated heterocycles. The van der Waals surface area contributed by atoms with Crippen LogP contribution in [0.1, 0.15) is 46.0 Å². The summed E-state index contributed by atoms with van der Waals surface area (Å²) in [5, 5.41) is 0. The molecule has 0 spiro atoms. The number of nitrogens with two attached hydrogens (primary N) is 1. The highest BCUT2D eigenvalue weighted by Gasteiger charge is 2.25. The Labute approximate surface area is 81.8 Å². The number of hydrogen-bond donors (Lipinski definition) is 1. The Morgan fingerprint density at radius 3 is 2.85 bits per heavy atom. The van der Waals surface area contributed by atoms with Gasteiger partial charge in [-0.1, -0.05) is 20.3 Å². The Morgan fingerprint density at radius 1 is 1.46 bits per heavy atom. The zero-order valence-corrected chi connectivity index (χ0v) is 8.96. The highest BCUT2D eigenvalue weighted by atomic mass is 16.5. The topological polar surface area (TPSA) is 35.2 Å². The van der Waals surface area contributed by atoms with Crippen LogP contribution >= 0.6 is 0 Å². The summed E-state index contributed by atoms with van der Waals surface area (Å²) in [6.45, 7) is 5.31. The van der Waals surface area contributed by atoms with E-state index in [1.165, 1.54) is 19.3 Å². The summed E-state index contributed by atoms with van der Waals surface area (Å²) in [5.74, 6) is 0.704. The van der Waals surface area contributed by atoms with Crippen LogP contribution in [-0.4, -0.2) is 18.8 Å². The molecule has 0 aromatic rings. The molecule has 13 heavy (non-hydrogen) atoms. The lowest BCUT2D eigenvalue weighted by Gasteiger charge is -2.32. The molecule has 3 atom stereocenters. The second kappa shape index (κ2) is 5.61. The molecular formula is C11H23NO. The van der Waals surface area contributed by atoms with Gasteiger partial charge in [-0.15, -0.1) is 0 Å². The lowest BCUT2D eigenvalue weighted by molar-refractivity contribution is -0.0188. The predicted molar refractivity (Wildman–Crippen MR) is 55.6 cm³/mol. The fraction of sp³-hybridized carbons (Fsp3) is 1.00. The molecule has 1 aliphatic heterocycles. The summed E-state index contributed by atoms with van der Waals surface area (Å²) in [7, 11) is 0. The van der Waals surface area contributed by atoms with Crippen LogP contribution < -0.4 is 5.73 Å². The molecule has 1 aliphatic rings. The quantitative estimate of drug-likeness (QED) is 0.729. The van der Waals surface area contributed by atoms with Gasteiger partial charge in [0.25, 0.3) is 0 Å². The first-order chi connectivity index (χ1) is 6.27. The highest BCUT2D eigenvalue weighted by Crippen LogP contribution is 2.25. The molecule has 78 valence electrons. The summed E-state index contributed by atoms with van der Waals surface area (Å²) < 4.78 is 5.69. The van der Waals surface area contributed by atoms with Crippen LogP contribution in [0.4, 0.5) is 0 Å². The van der Waals surface area contributed by atoms with Gasteiger partial charge >= 0.3 is 0 Å². The van der Waals surface area contributed by atoms with Crippen LogP contribution in [0.25, 0.3) is 0 Å². The van der Waals surface area contributed by atoms with E-state index in [-0.39, 0.29) is 0 Å². The summed E-state index contributed by atoms with van der Waals surface area (Å²) in [6, 6.07) is 0.392. The van der Waals surface area contributed by atoms with Crippen molar-refractivity contribution in [3.05, 3.63) is 0 Å². The maximum atomic E-state index is 6.05. The minimum atomic E-state index is 0.392. The van der Waals surface area contributed by atoms with E-state index in [4.69, 9.17) is 10.5 Å². The van der Waals surface area contributed by atoms with E-state index in [0.29, 0.717) is 18.1 Å². The van der Waals surface area contributed by atoms with Crippen LogP contribution in [0.3, 0.4) is 0 Å². The molecule has 0 radical (unpaired) electrons. The van der Waals surface area contributed by atoms with Gasteiger partial charge in [0.15, 0.2) is 0 Å². The van der Waals surface area contributed by atoms with Gasteiger partial charge in [-0.05, 0) is 31.6 Å². The van der Waals surface area contributed by atoms with Gasteiger partial charge in [0.2, 0.25) is 0 Å². The zero-order chi connectivity index (χ0) is 9.68. The minimum Gasteiger partial charge on any atom is -0.378 e. The van der Waals surface area contributed by atoms with E-state index in [1.807, 2.05) is 0 Å². The fourth-order valence-electron chi connectivity index (χ4n) is 2.16. The second-order valence-corrected chi connectivity index (χ2v) is 4.14. The Hall–Kier alpha value is -0.0800. The van der Waals surface area contributed by atoms with Gasteiger partial charge in [-0.25, -0.2) is 0 Å². The smallest absolute Gasteiger partial charge is 0.0578 e. The van der Waals surface area contributed by atoms with Gasteiger partial charge < -0.3 is 10.5 Å². The van der Waals surface area contributed by atoms with Crippen LogP contribution in [0.2, 0.25) is 0 Å². The summed E-state index contributed by atoms with van der Waals surface area (Å²) in [4.78, 5) is 0. The first kappa shape index (κ1) is 11.0. The van der Waals surface area contributed by atoms with Crippen LogP contribution in [-0.2, 0) is 4.74 Å². The summed E-state index contributed by atoms with van der Waals surface area (Å²) in [6.07, 6.45) is 6.36. The first-order valence-corrected chi connectivity index (χ1v) is 5.65. The third-order valence-corrected chi connectivity index (χ3v) is 3.10. The highest BCUT2D eigenvalue weighted by molar-refractivity contribution is 4.78. The van der Waals surface area contributed by atoms with E-state index in [1.54, 1.807) is 0 Å². The van der Waals surface area contributed by atoms with Crippen molar-refractivity contribution in [2.75, 3.05) is 6.61 Å². The predicted octanol–water partition coefficient (Wildman–Crippen LogP) is 2.32. The van der Waals surface area contributed by atoms with Crippen molar-refractivity contribution in [2.45, 2.75) is 58.1 Å². The zero-order valence-electron chi connectivity index (χ0n) is 8.96. The molecule has 1 fully saturated rings. The maximum absolute atomic E-state index is 6.05. The molecule has 0 aliphatic carbocycles. The molecule has 0 aromatic heterocycles. The van der Waals surface area contributed by atoms with E-state index in [9.17, 15) is 0 Å². The normalized spacial score (nSPS) is 31.6. The molecule has 0 aromatic carbocycles. The molecular weight excluding hydrogens is 162 g/mol. The monoisotopic (exact) mass is 185 g/mol. The Morgan fingerprint density at radius 2 is 2.23 bits per heavy atom. The largest absolute Gasteiger partial charge is 0.378 e. The van der Waals surface area contributed by atoms with Gasteiger partial charge in [0.1, 0.15) is 0 Å². The molecule has 0 bridgehead atoms.